The van der Waals surface area contributed by atoms with Crippen molar-refractivity contribution < 1.29 is 22.6 Å². The van der Waals surface area contributed by atoms with Gasteiger partial charge in [0.05, 0.1) is 0 Å². The Labute approximate surface area is 148 Å². The molecule has 0 amide bonds. The Morgan fingerprint density at radius 1 is 0.923 bits per heavy atom. The first kappa shape index (κ1) is 17.6. The minimum atomic E-state index is -4.78. The number of nitrogens with two attached hydrogens (primary N) is 1. The number of alkyl halides is 3. The zero-order chi connectivity index (χ0) is 18.6. The van der Waals surface area contributed by atoms with Crippen LogP contribution in [0.3, 0.4) is 0 Å². The van der Waals surface area contributed by atoms with Crippen molar-refractivity contribution in [1.82, 2.24) is 4.98 Å². The Balaban J connectivity index is 1.74. The summed E-state index contributed by atoms with van der Waals surface area (Å²) in [4.78, 5) is 4.18. The molecule has 1 heterocycles. The number of nitrogen functional groups attached to an aromatic ring is 1. The zero-order valence-electron chi connectivity index (χ0n) is 13.5. The summed E-state index contributed by atoms with van der Waals surface area (Å²) in [6, 6.07) is 16.9. The molecule has 134 valence electrons. The highest BCUT2D eigenvalue weighted by Gasteiger charge is 2.31. The van der Waals surface area contributed by atoms with Crippen molar-refractivity contribution in [2.75, 3.05) is 5.73 Å². The molecule has 0 atom stereocenters. The predicted molar refractivity (Wildman–Crippen MR) is 91.5 cm³/mol. The first-order valence-corrected chi connectivity index (χ1v) is 7.68. The lowest BCUT2D eigenvalue weighted by Crippen LogP contribution is -2.17. The Morgan fingerprint density at radius 3 is 2.35 bits per heavy atom. The number of nitrogens with zero attached hydrogens (tertiary/aromatic N) is 1. The number of anilines is 1. The summed E-state index contributed by atoms with van der Waals surface area (Å²) in [7, 11) is 0. The molecule has 3 rings (SSSR count). The second-order valence-corrected chi connectivity index (χ2v) is 5.50. The summed E-state index contributed by atoms with van der Waals surface area (Å²) >= 11 is 0. The van der Waals surface area contributed by atoms with Crippen LogP contribution < -0.4 is 15.2 Å². The molecule has 26 heavy (non-hydrogen) atoms. The van der Waals surface area contributed by atoms with Crippen LogP contribution in [-0.2, 0) is 6.61 Å². The van der Waals surface area contributed by atoms with Crippen LogP contribution in [0.2, 0.25) is 0 Å². The third-order valence-corrected chi connectivity index (χ3v) is 3.46. The van der Waals surface area contributed by atoms with Crippen LogP contribution in [0.1, 0.15) is 5.56 Å². The largest absolute Gasteiger partial charge is 0.573 e. The van der Waals surface area contributed by atoms with Crippen LogP contribution in [0.4, 0.5) is 18.9 Å². The molecule has 2 N–H and O–H groups in total. The van der Waals surface area contributed by atoms with Gasteiger partial charge in [-0.05, 0) is 29.3 Å². The van der Waals surface area contributed by atoms with Gasteiger partial charge < -0.3 is 15.2 Å². The maximum atomic E-state index is 12.4. The molecule has 0 aliphatic rings. The van der Waals surface area contributed by atoms with Gasteiger partial charge in [0.25, 0.3) is 0 Å². The average molecular weight is 360 g/mol. The summed E-state index contributed by atoms with van der Waals surface area (Å²) < 4.78 is 46.7. The Bertz CT molecular complexity index is 866. The smallest absolute Gasteiger partial charge is 0.473 e. The number of benzene rings is 2. The number of aromatic nitrogens is 1. The molecule has 0 fully saturated rings. The van der Waals surface area contributed by atoms with Gasteiger partial charge in [0.2, 0.25) is 5.88 Å². The van der Waals surface area contributed by atoms with Crippen molar-refractivity contribution in [2.24, 2.45) is 0 Å². The van der Waals surface area contributed by atoms with Gasteiger partial charge in [0, 0.05) is 29.6 Å². The summed E-state index contributed by atoms with van der Waals surface area (Å²) in [6.07, 6.45) is -3.27. The number of pyridine rings is 1. The first-order chi connectivity index (χ1) is 12.4. The van der Waals surface area contributed by atoms with Crippen LogP contribution >= 0.6 is 0 Å². The van der Waals surface area contributed by atoms with Gasteiger partial charge in [-0.1, -0.05) is 30.3 Å². The molecule has 1 aromatic heterocycles. The second kappa shape index (κ2) is 7.35. The average Bonchev–Trinajstić information content (AvgIpc) is 2.59. The number of rotatable bonds is 5. The normalized spacial score (nSPS) is 11.2. The van der Waals surface area contributed by atoms with E-state index in [1.165, 1.54) is 12.3 Å². The topological polar surface area (TPSA) is 57.4 Å². The van der Waals surface area contributed by atoms with E-state index in [1.54, 1.807) is 18.2 Å². The van der Waals surface area contributed by atoms with E-state index in [9.17, 15) is 13.2 Å². The van der Waals surface area contributed by atoms with Gasteiger partial charge in [-0.3, -0.25) is 0 Å². The molecular weight excluding hydrogens is 345 g/mol. The first-order valence-electron chi connectivity index (χ1n) is 7.68. The summed E-state index contributed by atoms with van der Waals surface area (Å²) in [5.41, 5.74) is 7.88. The van der Waals surface area contributed by atoms with Gasteiger partial charge in [-0.15, -0.1) is 13.2 Å². The fourth-order valence-electron chi connectivity index (χ4n) is 2.35. The molecule has 0 unspecified atom stereocenters. The lowest BCUT2D eigenvalue weighted by molar-refractivity contribution is -0.274. The van der Waals surface area contributed by atoms with Gasteiger partial charge in [-0.25, -0.2) is 4.98 Å². The van der Waals surface area contributed by atoms with Crippen molar-refractivity contribution in [1.29, 1.82) is 0 Å². The highest BCUT2D eigenvalue weighted by molar-refractivity contribution is 5.69. The zero-order valence-corrected chi connectivity index (χ0v) is 13.5. The highest BCUT2D eigenvalue weighted by atomic mass is 19.4. The third-order valence-electron chi connectivity index (χ3n) is 3.46. The van der Waals surface area contributed by atoms with Crippen LogP contribution in [-0.4, -0.2) is 11.3 Å². The van der Waals surface area contributed by atoms with E-state index in [0.29, 0.717) is 23.6 Å². The lowest BCUT2D eigenvalue weighted by atomic mass is 10.1. The van der Waals surface area contributed by atoms with E-state index in [1.807, 2.05) is 30.3 Å². The predicted octanol–water partition coefficient (Wildman–Crippen LogP) is 4.81. The fourth-order valence-corrected chi connectivity index (χ4v) is 2.35. The van der Waals surface area contributed by atoms with Crippen LogP contribution in [0, 0.1) is 0 Å². The van der Waals surface area contributed by atoms with Gasteiger partial charge in [-0.2, -0.15) is 0 Å². The maximum absolute atomic E-state index is 12.4. The van der Waals surface area contributed by atoms with Gasteiger partial charge in [0.1, 0.15) is 12.4 Å². The number of hydrogen-bond donors (Lipinski definition) is 1. The quantitative estimate of drug-likeness (QED) is 0.664. The molecule has 0 bridgehead atoms. The summed E-state index contributed by atoms with van der Waals surface area (Å²) in [6.45, 7) is 0.370. The van der Waals surface area contributed by atoms with E-state index in [0.717, 1.165) is 11.6 Å². The van der Waals surface area contributed by atoms with Gasteiger partial charge in [0.15, 0.2) is 0 Å². The highest BCUT2D eigenvalue weighted by Crippen LogP contribution is 2.31. The van der Waals surface area contributed by atoms with Crippen molar-refractivity contribution in [2.45, 2.75) is 13.0 Å². The molecule has 0 aliphatic carbocycles. The molecule has 7 heteroatoms. The van der Waals surface area contributed by atoms with E-state index >= 15 is 0 Å². The lowest BCUT2D eigenvalue weighted by Gasteiger charge is -2.12. The molecular formula is C19H15F3N2O2. The second-order valence-electron chi connectivity index (χ2n) is 5.50. The van der Waals surface area contributed by atoms with E-state index in [2.05, 4.69) is 9.72 Å². The molecule has 3 aromatic rings. The monoisotopic (exact) mass is 360 g/mol. The van der Waals surface area contributed by atoms with Crippen molar-refractivity contribution in [3.05, 3.63) is 72.4 Å². The van der Waals surface area contributed by atoms with E-state index in [4.69, 9.17) is 10.5 Å². The SMILES string of the molecule is Nc1cc(OC(F)(F)F)cc(-c2ccc(OCc3ccccc3)nc2)c1. The van der Waals surface area contributed by atoms with Crippen molar-refractivity contribution >= 4 is 5.69 Å². The maximum Gasteiger partial charge on any atom is 0.573 e. The summed E-state index contributed by atoms with van der Waals surface area (Å²) in [5.74, 6) is 0.0326. The Hall–Kier alpha value is -3.22. The fraction of sp³-hybridized carbons (Fsp3) is 0.105. The van der Waals surface area contributed by atoms with E-state index < -0.39 is 6.36 Å². The molecule has 0 aliphatic heterocycles. The molecule has 0 spiro atoms. The molecule has 2 aromatic carbocycles. The number of ether oxygens (including phenoxy) is 2. The van der Waals surface area contributed by atoms with Gasteiger partial charge >= 0.3 is 6.36 Å². The molecule has 0 saturated carbocycles. The van der Waals surface area contributed by atoms with E-state index in [-0.39, 0.29) is 11.4 Å². The summed E-state index contributed by atoms with van der Waals surface area (Å²) in [5, 5.41) is 0. The minimum absolute atomic E-state index is 0.158. The number of halogens is 3. The van der Waals surface area contributed by atoms with Crippen LogP contribution in [0.25, 0.3) is 11.1 Å². The number of hydrogen-bond acceptors (Lipinski definition) is 4. The van der Waals surface area contributed by atoms with Crippen molar-refractivity contribution in [3.63, 3.8) is 0 Å². The van der Waals surface area contributed by atoms with Crippen LogP contribution in [0.5, 0.6) is 11.6 Å². The molecule has 0 saturated heterocycles. The third kappa shape index (κ3) is 4.89. The van der Waals surface area contributed by atoms with Crippen molar-refractivity contribution in [3.8, 4) is 22.8 Å². The molecule has 4 nitrogen and oxygen atoms in total. The minimum Gasteiger partial charge on any atom is -0.473 e. The van der Waals surface area contributed by atoms with Crippen LogP contribution in [0.15, 0.2) is 66.9 Å². The Morgan fingerprint density at radius 2 is 1.69 bits per heavy atom. The Kier molecular flexibility index (Phi) is 4.97. The molecule has 0 radical (unpaired) electrons. The standard InChI is InChI=1S/C19H15F3N2O2/c20-19(21,22)26-17-9-15(8-16(23)10-17)14-6-7-18(24-11-14)25-12-13-4-2-1-3-5-13/h1-11H,12,23H2.